The predicted molar refractivity (Wildman–Crippen MR) is 96.9 cm³/mol. The number of hydrogen-bond donors (Lipinski definition) is 1. The molecule has 0 bridgehead atoms. The van der Waals surface area contributed by atoms with E-state index in [9.17, 15) is 14.4 Å². The summed E-state index contributed by atoms with van der Waals surface area (Å²) in [6, 6.07) is 4.31. The Kier molecular flexibility index (Phi) is 5.44. The zero-order valence-corrected chi connectivity index (χ0v) is 15.9. The lowest BCUT2D eigenvalue weighted by atomic mass is 9.73. The van der Waals surface area contributed by atoms with Gasteiger partial charge in [0.1, 0.15) is 18.7 Å². The molecule has 1 aliphatic heterocycles. The predicted octanol–water partition coefficient (Wildman–Crippen LogP) is 3.54. The highest BCUT2D eigenvalue weighted by Crippen LogP contribution is 2.38. The average molecular weight is 399 g/mol. The normalized spacial score (nSPS) is 25.5. The van der Waals surface area contributed by atoms with E-state index in [-0.39, 0.29) is 18.4 Å². The van der Waals surface area contributed by atoms with Crippen LogP contribution in [0.15, 0.2) is 18.2 Å². The molecule has 140 valence electrons. The van der Waals surface area contributed by atoms with Gasteiger partial charge in [-0.15, -0.1) is 0 Å². The van der Waals surface area contributed by atoms with E-state index in [1.807, 2.05) is 6.92 Å². The largest absolute Gasteiger partial charge is 0.459 e. The van der Waals surface area contributed by atoms with E-state index in [1.54, 1.807) is 18.2 Å². The zero-order chi connectivity index (χ0) is 18.9. The summed E-state index contributed by atoms with van der Waals surface area (Å²) in [7, 11) is 0. The topological polar surface area (TPSA) is 75.7 Å². The third-order valence-electron chi connectivity index (χ3n) is 5.19. The van der Waals surface area contributed by atoms with Crippen molar-refractivity contribution in [2.75, 3.05) is 6.54 Å². The van der Waals surface area contributed by atoms with Crippen LogP contribution in [0.1, 0.15) is 38.2 Å². The van der Waals surface area contributed by atoms with Crippen molar-refractivity contribution >= 4 is 41.1 Å². The lowest BCUT2D eigenvalue weighted by Gasteiger charge is -2.36. The van der Waals surface area contributed by atoms with Crippen LogP contribution in [0, 0.1) is 5.92 Å². The number of hydrogen-bond acceptors (Lipinski definition) is 4. The minimum atomic E-state index is -0.880. The van der Waals surface area contributed by atoms with Crippen LogP contribution in [-0.2, 0) is 20.9 Å². The van der Waals surface area contributed by atoms with Gasteiger partial charge in [-0.2, -0.15) is 0 Å². The minimum absolute atomic E-state index is 0.0431. The van der Waals surface area contributed by atoms with Crippen LogP contribution in [0.4, 0.5) is 4.79 Å². The molecule has 26 heavy (non-hydrogen) atoms. The Hall–Kier alpha value is -1.79. The first kappa shape index (κ1) is 19.0. The molecule has 1 spiro atoms. The van der Waals surface area contributed by atoms with Crippen molar-refractivity contribution in [2.45, 2.75) is 44.8 Å². The summed E-state index contributed by atoms with van der Waals surface area (Å²) < 4.78 is 5.17. The van der Waals surface area contributed by atoms with E-state index in [1.165, 1.54) is 0 Å². The van der Waals surface area contributed by atoms with Gasteiger partial charge in [-0.3, -0.25) is 14.5 Å². The number of halogens is 2. The highest BCUT2D eigenvalue weighted by atomic mass is 35.5. The van der Waals surface area contributed by atoms with Gasteiger partial charge in [-0.05, 0) is 30.9 Å². The highest BCUT2D eigenvalue weighted by Gasteiger charge is 2.55. The smallest absolute Gasteiger partial charge is 0.326 e. The highest BCUT2D eigenvalue weighted by molar-refractivity contribution is 6.35. The second kappa shape index (κ2) is 7.45. The minimum Gasteiger partial charge on any atom is -0.459 e. The number of urea groups is 1. The maximum atomic E-state index is 12.8. The van der Waals surface area contributed by atoms with Gasteiger partial charge in [0, 0.05) is 15.6 Å². The average Bonchev–Trinajstić information content (AvgIpc) is 2.82. The number of imide groups is 1. The Morgan fingerprint density at radius 2 is 2.12 bits per heavy atom. The fourth-order valence-corrected chi connectivity index (χ4v) is 4.07. The standard InChI is InChI=1S/C18H20Cl2N2O4/c1-11-4-2-3-7-18(11)16(24)22(17(25)21-18)9-15(23)26-10-12-5-6-13(19)8-14(12)20/h5-6,8,11H,2-4,7,9-10H2,1H3,(H,21,25)/t11-,18-/m1/s1. The molecule has 8 heteroatoms. The monoisotopic (exact) mass is 398 g/mol. The molecular formula is C18H20Cl2N2O4. The summed E-state index contributed by atoms with van der Waals surface area (Å²) in [6.45, 7) is 1.49. The summed E-state index contributed by atoms with van der Waals surface area (Å²) in [6.07, 6.45) is 3.39. The molecule has 1 aromatic carbocycles. The molecule has 0 unspecified atom stereocenters. The van der Waals surface area contributed by atoms with Crippen LogP contribution in [0.25, 0.3) is 0 Å². The molecule has 2 aliphatic rings. The summed E-state index contributed by atoms with van der Waals surface area (Å²) in [5.74, 6) is -0.960. The molecule has 1 aliphatic carbocycles. The Morgan fingerprint density at radius 3 is 2.81 bits per heavy atom. The van der Waals surface area contributed by atoms with E-state index in [2.05, 4.69) is 5.32 Å². The SMILES string of the molecule is C[C@@H]1CCCC[C@@]12NC(=O)N(CC(=O)OCc1ccc(Cl)cc1Cl)C2=O. The van der Waals surface area contributed by atoms with Gasteiger partial charge in [0.2, 0.25) is 0 Å². The van der Waals surface area contributed by atoms with E-state index >= 15 is 0 Å². The number of nitrogens with one attached hydrogen (secondary N) is 1. The number of nitrogens with zero attached hydrogens (tertiary/aromatic N) is 1. The van der Waals surface area contributed by atoms with Crippen molar-refractivity contribution in [3.63, 3.8) is 0 Å². The first-order valence-corrected chi connectivity index (χ1v) is 9.33. The second-order valence-corrected chi connectivity index (χ2v) is 7.68. The first-order chi connectivity index (χ1) is 12.3. The van der Waals surface area contributed by atoms with Gasteiger partial charge < -0.3 is 10.1 Å². The van der Waals surface area contributed by atoms with Crippen molar-refractivity contribution in [1.82, 2.24) is 10.2 Å². The van der Waals surface area contributed by atoms with Gasteiger partial charge in [0.25, 0.3) is 5.91 Å². The number of ether oxygens (including phenoxy) is 1. The van der Waals surface area contributed by atoms with Crippen LogP contribution < -0.4 is 5.32 Å². The van der Waals surface area contributed by atoms with Crippen molar-refractivity contribution in [2.24, 2.45) is 5.92 Å². The molecule has 1 heterocycles. The Labute approximate surface area is 161 Å². The lowest BCUT2D eigenvalue weighted by molar-refractivity contribution is -0.149. The van der Waals surface area contributed by atoms with Crippen LogP contribution in [0.3, 0.4) is 0 Å². The Bertz CT molecular complexity index is 755. The van der Waals surface area contributed by atoms with Crippen LogP contribution in [0.5, 0.6) is 0 Å². The van der Waals surface area contributed by atoms with Crippen molar-refractivity contribution < 1.29 is 19.1 Å². The molecule has 3 rings (SSSR count). The number of rotatable bonds is 4. The summed E-state index contributed by atoms with van der Waals surface area (Å²) in [4.78, 5) is 38.1. The van der Waals surface area contributed by atoms with E-state index < -0.39 is 24.1 Å². The molecule has 0 radical (unpaired) electrons. The van der Waals surface area contributed by atoms with Gasteiger partial charge in [-0.1, -0.05) is 49.0 Å². The first-order valence-electron chi connectivity index (χ1n) is 8.57. The molecule has 0 aromatic heterocycles. The van der Waals surface area contributed by atoms with Gasteiger partial charge >= 0.3 is 12.0 Å². The molecule has 3 amide bonds. The molecule has 1 saturated carbocycles. The molecule has 2 fully saturated rings. The summed E-state index contributed by atoms with van der Waals surface area (Å²) in [5, 5.41) is 3.67. The van der Waals surface area contributed by atoms with Gasteiger partial charge in [0.05, 0.1) is 0 Å². The fraction of sp³-hybridized carbons (Fsp3) is 0.500. The van der Waals surface area contributed by atoms with Crippen molar-refractivity contribution in [3.05, 3.63) is 33.8 Å². The van der Waals surface area contributed by atoms with Gasteiger partial charge in [-0.25, -0.2) is 4.79 Å². The third kappa shape index (κ3) is 3.53. The quantitative estimate of drug-likeness (QED) is 0.621. The molecule has 1 N–H and O–H groups in total. The zero-order valence-electron chi connectivity index (χ0n) is 14.4. The maximum absolute atomic E-state index is 12.8. The number of benzene rings is 1. The van der Waals surface area contributed by atoms with Crippen LogP contribution in [0.2, 0.25) is 10.0 Å². The summed E-state index contributed by atoms with van der Waals surface area (Å²) >= 11 is 11.9. The number of amides is 3. The van der Waals surface area contributed by atoms with E-state index in [0.29, 0.717) is 22.0 Å². The molecule has 2 atom stereocenters. The number of carbonyl (C=O) groups excluding carboxylic acids is 3. The van der Waals surface area contributed by atoms with Crippen molar-refractivity contribution in [1.29, 1.82) is 0 Å². The molecule has 6 nitrogen and oxygen atoms in total. The molecular weight excluding hydrogens is 379 g/mol. The van der Waals surface area contributed by atoms with Crippen LogP contribution in [-0.4, -0.2) is 34.9 Å². The summed E-state index contributed by atoms with van der Waals surface area (Å²) in [5.41, 5.74) is -0.284. The number of esters is 1. The second-order valence-electron chi connectivity index (χ2n) is 6.84. The molecule has 1 aromatic rings. The maximum Gasteiger partial charge on any atom is 0.326 e. The molecule has 1 saturated heterocycles. The van der Waals surface area contributed by atoms with Crippen LogP contribution >= 0.6 is 23.2 Å². The number of carbonyl (C=O) groups is 3. The van der Waals surface area contributed by atoms with Crippen molar-refractivity contribution in [3.8, 4) is 0 Å². The fourth-order valence-electron chi connectivity index (χ4n) is 3.61. The Balaban J connectivity index is 1.62. The third-order valence-corrected chi connectivity index (χ3v) is 5.78. The van der Waals surface area contributed by atoms with E-state index in [4.69, 9.17) is 27.9 Å². The van der Waals surface area contributed by atoms with E-state index in [0.717, 1.165) is 24.2 Å². The lowest BCUT2D eigenvalue weighted by Crippen LogP contribution is -2.54. The van der Waals surface area contributed by atoms with Gasteiger partial charge in [0.15, 0.2) is 0 Å². The Morgan fingerprint density at radius 1 is 1.35 bits per heavy atom.